The molecule has 0 radical (unpaired) electrons. The van der Waals surface area contributed by atoms with Crippen LogP contribution in [0.2, 0.25) is 0 Å². The molecule has 0 aliphatic heterocycles. The molecule has 0 saturated heterocycles. The van der Waals surface area contributed by atoms with Gasteiger partial charge in [-0.15, -0.1) is 0 Å². The highest BCUT2D eigenvalue weighted by Crippen LogP contribution is 2.43. The number of aromatic nitrogens is 2. The monoisotopic (exact) mass is 549 g/mol. The van der Waals surface area contributed by atoms with Gasteiger partial charge in [-0.3, -0.25) is 10.1 Å². The second-order valence-electron chi connectivity index (χ2n) is 7.59. The molecule has 0 saturated carbocycles. The highest BCUT2D eigenvalue weighted by Gasteiger charge is 2.41. The maximum atomic E-state index is 14.9. The summed E-state index contributed by atoms with van der Waals surface area (Å²) in [5.74, 6) is -0.895. The van der Waals surface area contributed by atoms with Crippen molar-refractivity contribution in [1.82, 2.24) is 9.78 Å². The Hall–Kier alpha value is -3.59. The fourth-order valence-corrected chi connectivity index (χ4v) is 5.04. The van der Waals surface area contributed by atoms with Crippen LogP contribution in [-0.2, 0) is 5.54 Å². The number of nitro groups is 1. The Labute approximate surface area is 202 Å². The molecule has 0 aliphatic carbocycles. The molecule has 5 rings (SSSR count). The number of nitrogens with zero attached hydrogens (tertiary/aromatic N) is 3. The van der Waals surface area contributed by atoms with Crippen LogP contribution in [0.25, 0.3) is 10.9 Å². The smallest absolute Gasteiger partial charge is 0.258 e. The standard InChI is InChI=1S/C26H17FIN3O2/c27-22-17-23-21(16-24(22)31(32)33)25(28)29-30(23)26(18-10-4-1-5-11-18,19-12-6-2-7-13-19)20-14-8-3-9-15-20/h1-17H. The highest BCUT2D eigenvalue weighted by molar-refractivity contribution is 14.1. The number of hydrogen-bond donors (Lipinski definition) is 0. The Morgan fingerprint density at radius 1 is 0.818 bits per heavy atom. The van der Waals surface area contributed by atoms with E-state index in [0.29, 0.717) is 14.6 Å². The Morgan fingerprint density at radius 3 is 1.70 bits per heavy atom. The average molecular weight is 549 g/mol. The lowest BCUT2D eigenvalue weighted by atomic mass is 9.77. The molecule has 33 heavy (non-hydrogen) atoms. The van der Waals surface area contributed by atoms with Crippen LogP contribution in [0.15, 0.2) is 103 Å². The van der Waals surface area contributed by atoms with E-state index in [2.05, 4.69) is 22.6 Å². The largest absolute Gasteiger partial charge is 0.305 e. The number of rotatable bonds is 5. The molecular formula is C26H17FIN3O2. The van der Waals surface area contributed by atoms with Crippen LogP contribution >= 0.6 is 22.6 Å². The van der Waals surface area contributed by atoms with Crippen LogP contribution in [0.1, 0.15) is 16.7 Å². The third-order valence-electron chi connectivity index (χ3n) is 5.79. The summed E-state index contributed by atoms with van der Waals surface area (Å²) < 4.78 is 17.2. The van der Waals surface area contributed by atoms with E-state index in [0.717, 1.165) is 16.7 Å². The quantitative estimate of drug-likeness (QED) is 0.108. The molecule has 0 N–H and O–H groups in total. The molecule has 5 aromatic rings. The SMILES string of the molecule is O=[N+]([O-])c1cc2c(I)nn(C(c3ccccc3)(c3ccccc3)c3ccccc3)c2cc1F. The minimum Gasteiger partial charge on any atom is -0.258 e. The van der Waals surface area contributed by atoms with Crippen molar-refractivity contribution >= 4 is 39.2 Å². The van der Waals surface area contributed by atoms with Gasteiger partial charge in [-0.05, 0) is 39.3 Å². The van der Waals surface area contributed by atoms with Crippen molar-refractivity contribution in [2.75, 3.05) is 0 Å². The molecule has 0 unspecified atom stereocenters. The molecule has 0 amide bonds. The molecule has 0 atom stereocenters. The number of nitro benzene ring substituents is 1. The van der Waals surface area contributed by atoms with Crippen molar-refractivity contribution in [3.05, 3.63) is 139 Å². The second kappa shape index (κ2) is 8.40. The number of benzene rings is 4. The zero-order valence-corrected chi connectivity index (χ0v) is 19.4. The van der Waals surface area contributed by atoms with Crippen LogP contribution in [-0.4, -0.2) is 14.7 Å². The Bertz CT molecular complexity index is 1360. The summed E-state index contributed by atoms with van der Waals surface area (Å²) in [6.07, 6.45) is 0. The molecule has 0 bridgehead atoms. The van der Waals surface area contributed by atoms with Crippen molar-refractivity contribution in [2.45, 2.75) is 5.54 Å². The first-order chi connectivity index (χ1) is 16.0. The third kappa shape index (κ3) is 3.39. The summed E-state index contributed by atoms with van der Waals surface area (Å²) in [5, 5.41) is 16.8. The van der Waals surface area contributed by atoms with Gasteiger partial charge >= 0.3 is 5.69 Å². The first kappa shape index (κ1) is 21.3. The molecule has 0 spiro atoms. The van der Waals surface area contributed by atoms with E-state index < -0.39 is 22.0 Å². The summed E-state index contributed by atoms with van der Waals surface area (Å²) in [5.41, 5.74) is 1.77. The van der Waals surface area contributed by atoms with E-state index in [1.807, 2.05) is 91.0 Å². The van der Waals surface area contributed by atoms with Gasteiger partial charge in [-0.25, -0.2) is 4.68 Å². The zero-order valence-electron chi connectivity index (χ0n) is 17.2. The lowest BCUT2D eigenvalue weighted by Gasteiger charge is -2.37. The zero-order chi connectivity index (χ0) is 23.0. The Kier molecular flexibility index (Phi) is 5.41. The van der Waals surface area contributed by atoms with Crippen LogP contribution in [0.3, 0.4) is 0 Å². The molecular weight excluding hydrogens is 532 g/mol. The fraction of sp³-hybridized carbons (Fsp3) is 0.0385. The lowest BCUT2D eigenvalue weighted by molar-refractivity contribution is -0.387. The van der Waals surface area contributed by atoms with Gasteiger partial charge in [0.05, 0.1) is 10.4 Å². The van der Waals surface area contributed by atoms with E-state index in [9.17, 15) is 14.5 Å². The first-order valence-electron chi connectivity index (χ1n) is 10.2. The Morgan fingerprint density at radius 2 is 1.27 bits per heavy atom. The fourth-order valence-electron chi connectivity index (χ4n) is 4.39. The number of fused-ring (bicyclic) bond motifs is 1. The first-order valence-corrected chi connectivity index (χ1v) is 11.3. The second-order valence-corrected chi connectivity index (χ2v) is 8.61. The molecule has 5 nitrogen and oxygen atoms in total. The van der Waals surface area contributed by atoms with E-state index in [1.54, 1.807) is 4.68 Å². The van der Waals surface area contributed by atoms with E-state index in [-0.39, 0.29) is 0 Å². The normalized spacial score (nSPS) is 11.6. The minimum atomic E-state index is -0.936. The summed E-state index contributed by atoms with van der Waals surface area (Å²) >= 11 is 2.05. The predicted octanol–water partition coefficient (Wildman–Crippen LogP) is 6.53. The van der Waals surface area contributed by atoms with Crippen LogP contribution in [0.4, 0.5) is 10.1 Å². The van der Waals surface area contributed by atoms with Gasteiger partial charge in [-0.2, -0.15) is 9.49 Å². The average Bonchev–Trinajstić information content (AvgIpc) is 3.16. The molecule has 4 aromatic carbocycles. The minimum absolute atomic E-state index is 0.471. The van der Waals surface area contributed by atoms with Crippen molar-refractivity contribution in [3.8, 4) is 0 Å². The molecule has 0 aliphatic rings. The topological polar surface area (TPSA) is 61.0 Å². The molecule has 0 fully saturated rings. The van der Waals surface area contributed by atoms with Crippen LogP contribution in [0, 0.1) is 19.6 Å². The molecule has 1 heterocycles. The van der Waals surface area contributed by atoms with E-state index in [4.69, 9.17) is 5.10 Å². The van der Waals surface area contributed by atoms with E-state index >= 15 is 0 Å². The van der Waals surface area contributed by atoms with Crippen molar-refractivity contribution in [1.29, 1.82) is 0 Å². The van der Waals surface area contributed by atoms with Crippen molar-refractivity contribution in [2.24, 2.45) is 0 Å². The third-order valence-corrected chi connectivity index (χ3v) is 6.59. The van der Waals surface area contributed by atoms with Gasteiger partial charge in [0, 0.05) is 17.5 Å². The number of halogens is 2. The summed E-state index contributed by atoms with van der Waals surface area (Å²) in [6, 6.07) is 32.1. The number of hydrogen-bond acceptors (Lipinski definition) is 3. The van der Waals surface area contributed by atoms with Crippen molar-refractivity contribution < 1.29 is 9.31 Å². The van der Waals surface area contributed by atoms with Crippen LogP contribution in [0.5, 0.6) is 0 Å². The van der Waals surface area contributed by atoms with Gasteiger partial charge in [-0.1, -0.05) is 91.0 Å². The molecule has 162 valence electrons. The highest BCUT2D eigenvalue weighted by atomic mass is 127. The molecule has 1 aromatic heterocycles. The van der Waals surface area contributed by atoms with Gasteiger partial charge in [0.25, 0.3) is 0 Å². The summed E-state index contributed by atoms with van der Waals surface area (Å²) in [7, 11) is 0. The Balaban J connectivity index is 1.97. The van der Waals surface area contributed by atoms with E-state index in [1.165, 1.54) is 12.1 Å². The maximum absolute atomic E-state index is 14.9. The van der Waals surface area contributed by atoms with Gasteiger partial charge in [0.1, 0.15) is 9.24 Å². The summed E-state index contributed by atoms with van der Waals surface area (Å²) in [6.45, 7) is 0. The molecule has 7 heteroatoms. The van der Waals surface area contributed by atoms with Crippen molar-refractivity contribution in [3.63, 3.8) is 0 Å². The van der Waals surface area contributed by atoms with Gasteiger partial charge < -0.3 is 0 Å². The van der Waals surface area contributed by atoms with Gasteiger partial charge in [0.15, 0.2) is 0 Å². The summed E-state index contributed by atoms with van der Waals surface area (Å²) in [4.78, 5) is 10.7. The van der Waals surface area contributed by atoms with Gasteiger partial charge in [0.2, 0.25) is 5.82 Å². The predicted molar refractivity (Wildman–Crippen MR) is 134 cm³/mol. The maximum Gasteiger partial charge on any atom is 0.305 e. The van der Waals surface area contributed by atoms with Crippen LogP contribution < -0.4 is 0 Å². The lowest BCUT2D eigenvalue weighted by Crippen LogP contribution is -2.38.